The molecule has 2 atom stereocenters. The maximum Gasteiger partial charge on any atom is 0.326 e. The number of hydrogen-bond acceptors (Lipinski definition) is 4. The third kappa shape index (κ3) is 8.60. The van der Waals surface area contributed by atoms with Crippen molar-refractivity contribution in [3.63, 3.8) is 0 Å². The highest BCUT2D eigenvalue weighted by atomic mass is 32.2. The van der Waals surface area contributed by atoms with Crippen LogP contribution in [-0.2, 0) is 14.4 Å². The maximum absolute atomic E-state index is 12.2. The quantitative estimate of drug-likeness (QED) is 0.563. The molecule has 0 bridgehead atoms. The van der Waals surface area contributed by atoms with Crippen molar-refractivity contribution in [1.29, 1.82) is 0 Å². The monoisotopic (exact) mass is 318 g/mol. The van der Waals surface area contributed by atoms with Crippen LogP contribution in [-0.4, -0.2) is 47.0 Å². The average Bonchev–Trinajstić information content (AvgIpc) is 2.41. The van der Waals surface area contributed by atoms with Gasteiger partial charge in [0.05, 0.1) is 0 Å². The van der Waals surface area contributed by atoms with Crippen LogP contribution in [0, 0.1) is 5.92 Å². The highest BCUT2D eigenvalue weighted by Gasteiger charge is 2.26. The summed E-state index contributed by atoms with van der Waals surface area (Å²) in [7, 11) is 0. The Morgan fingerprint density at radius 2 is 1.76 bits per heavy atom. The van der Waals surface area contributed by atoms with Gasteiger partial charge >= 0.3 is 5.97 Å². The fraction of sp³-hybridized carbons (Fsp3) is 0.786. The minimum Gasteiger partial charge on any atom is -0.480 e. The molecule has 6 nitrogen and oxygen atoms in total. The summed E-state index contributed by atoms with van der Waals surface area (Å²) in [4.78, 5) is 34.9. The zero-order chi connectivity index (χ0) is 16.4. The topological polar surface area (TPSA) is 95.5 Å². The van der Waals surface area contributed by atoms with Crippen LogP contribution in [0.5, 0.6) is 0 Å². The second kappa shape index (κ2) is 10.5. The van der Waals surface area contributed by atoms with Gasteiger partial charge in [-0.05, 0) is 30.8 Å². The van der Waals surface area contributed by atoms with E-state index in [2.05, 4.69) is 10.6 Å². The summed E-state index contributed by atoms with van der Waals surface area (Å²) in [5.41, 5.74) is 0. The van der Waals surface area contributed by atoms with Gasteiger partial charge < -0.3 is 15.7 Å². The first-order valence-corrected chi connectivity index (χ1v) is 8.52. The molecule has 2 amide bonds. The summed E-state index contributed by atoms with van der Waals surface area (Å²) in [6.07, 6.45) is 3.04. The van der Waals surface area contributed by atoms with Crippen LogP contribution in [0.4, 0.5) is 0 Å². The van der Waals surface area contributed by atoms with Crippen molar-refractivity contribution in [3.8, 4) is 0 Å². The number of rotatable bonds is 10. The molecule has 0 heterocycles. The molecule has 0 saturated heterocycles. The van der Waals surface area contributed by atoms with Crippen LogP contribution >= 0.6 is 11.8 Å². The number of carbonyl (C=O) groups is 3. The van der Waals surface area contributed by atoms with E-state index in [-0.39, 0.29) is 18.2 Å². The Kier molecular flexibility index (Phi) is 9.86. The molecule has 0 aliphatic heterocycles. The molecule has 1 unspecified atom stereocenters. The highest BCUT2D eigenvalue weighted by molar-refractivity contribution is 7.98. The van der Waals surface area contributed by atoms with Crippen LogP contribution in [0.25, 0.3) is 0 Å². The number of carboxylic acid groups (broad SMARTS) is 1. The zero-order valence-electron chi connectivity index (χ0n) is 13.1. The number of thioether (sulfide) groups is 1. The van der Waals surface area contributed by atoms with E-state index in [4.69, 9.17) is 5.11 Å². The number of carbonyl (C=O) groups excluding carboxylic acids is 2. The molecule has 0 aromatic carbocycles. The van der Waals surface area contributed by atoms with Gasteiger partial charge in [0.25, 0.3) is 0 Å². The molecule has 0 aliphatic rings. The van der Waals surface area contributed by atoms with E-state index < -0.39 is 24.0 Å². The Hall–Kier alpha value is -1.24. The molecule has 0 radical (unpaired) electrons. The SMILES string of the molecule is CCC(=O)NC(CCSC)C(=O)N[C@H](CC(C)C)C(=O)O. The van der Waals surface area contributed by atoms with Crippen LogP contribution in [0.2, 0.25) is 0 Å². The standard InChI is InChI=1S/C14H26N2O4S/c1-5-12(17)15-10(6-7-21-4)13(18)16-11(14(19)20)8-9(2)3/h9-11H,5-8H2,1-4H3,(H,15,17)(H,16,18)(H,19,20)/t10?,11-/m1/s1. The molecule has 122 valence electrons. The molecule has 0 spiro atoms. The smallest absolute Gasteiger partial charge is 0.326 e. The lowest BCUT2D eigenvalue weighted by molar-refractivity contribution is -0.142. The average molecular weight is 318 g/mol. The zero-order valence-corrected chi connectivity index (χ0v) is 14.0. The lowest BCUT2D eigenvalue weighted by Crippen LogP contribution is -2.52. The number of nitrogens with one attached hydrogen (secondary N) is 2. The van der Waals surface area contributed by atoms with Crippen LogP contribution in [0.1, 0.15) is 40.0 Å². The van der Waals surface area contributed by atoms with Crippen molar-refractivity contribution in [2.45, 2.75) is 52.1 Å². The summed E-state index contributed by atoms with van der Waals surface area (Å²) in [5, 5.41) is 14.3. The molecule has 0 rings (SSSR count). The van der Waals surface area contributed by atoms with E-state index in [1.807, 2.05) is 20.1 Å². The van der Waals surface area contributed by atoms with Crippen LogP contribution < -0.4 is 10.6 Å². The van der Waals surface area contributed by atoms with Crippen molar-refractivity contribution < 1.29 is 19.5 Å². The molecule has 3 N–H and O–H groups in total. The van der Waals surface area contributed by atoms with E-state index in [1.54, 1.807) is 18.7 Å². The van der Waals surface area contributed by atoms with Gasteiger partial charge in [0.2, 0.25) is 11.8 Å². The molecular weight excluding hydrogens is 292 g/mol. The molecule has 0 aromatic rings. The van der Waals surface area contributed by atoms with Crippen molar-refractivity contribution in [2.75, 3.05) is 12.0 Å². The fourth-order valence-electron chi connectivity index (χ4n) is 1.77. The van der Waals surface area contributed by atoms with E-state index in [9.17, 15) is 14.4 Å². The Bertz CT molecular complexity index is 361. The number of carboxylic acids is 1. The van der Waals surface area contributed by atoms with Gasteiger partial charge in [0, 0.05) is 6.42 Å². The largest absolute Gasteiger partial charge is 0.480 e. The van der Waals surface area contributed by atoms with E-state index in [1.165, 1.54) is 0 Å². The summed E-state index contributed by atoms with van der Waals surface area (Å²) in [5.74, 6) is -0.834. The van der Waals surface area contributed by atoms with E-state index in [0.29, 0.717) is 18.6 Å². The molecule has 0 aromatic heterocycles. The lowest BCUT2D eigenvalue weighted by Gasteiger charge is -2.22. The third-order valence-electron chi connectivity index (χ3n) is 2.91. The summed E-state index contributed by atoms with van der Waals surface area (Å²) in [6, 6.07) is -1.60. The van der Waals surface area contributed by atoms with Crippen molar-refractivity contribution in [2.24, 2.45) is 5.92 Å². The summed E-state index contributed by atoms with van der Waals surface area (Å²) in [6.45, 7) is 5.50. The van der Waals surface area contributed by atoms with Gasteiger partial charge in [-0.1, -0.05) is 20.8 Å². The normalized spacial score (nSPS) is 13.6. The predicted octanol–water partition coefficient (Wildman–Crippen LogP) is 1.25. The second-order valence-electron chi connectivity index (χ2n) is 5.28. The first-order chi connectivity index (χ1) is 9.81. The van der Waals surface area contributed by atoms with Crippen molar-refractivity contribution >= 4 is 29.5 Å². The molecular formula is C14H26N2O4S. The van der Waals surface area contributed by atoms with Crippen molar-refractivity contribution in [1.82, 2.24) is 10.6 Å². The fourth-order valence-corrected chi connectivity index (χ4v) is 2.24. The van der Waals surface area contributed by atoms with Gasteiger partial charge in [-0.15, -0.1) is 0 Å². The number of amides is 2. The van der Waals surface area contributed by atoms with Gasteiger partial charge in [0.1, 0.15) is 12.1 Å². The van der Waals surface area contributed by atoms with Crippen LogP contribution in [0.15, 0.2) is 0 Å². The predicted molar refractivity (Wildman–Crippen MR) is 84.2 cm³/mol. The Balaban J connectivity index is 4.74. The first kappa shape index (κ1) is 19.8. The van der Waals surface area contributed by atoms with Crippen LogP contribution in [0.3, 0.4) is 0 Å². The molecule has 0 fully saturated rings. The van der Waals surface area contributed by atoms with E-state index >= 15 is 0 Å². The van der Waals surface area contributed by atoms with Crippen molar-refractivity contribution in [3.05, 3.63) is 0 Å². The van der Waals surface area contributed by atoms with Gasteiger partial charge in [0.15, 0.2) is 0 Å². The molecule has 7 heteroatoms. The van der Waals surface area contributed by atoms with Gasteiger partial charge in [-0.25, -0.2) is 4.79 Å². The molecule has 0 saturated carbocycles. The summed E-state index contributed by atoms with van der Waals surface area (Å²) < 4.78 is 0. The third-order valence-corrected chi connectivity index (χ3v) is 3.55. The maximum atomic E-state index is 12.2. The number of aliphatic carboxylic acids is 1. The van der Waals surface area contributed by atoms with Gasteiger partial charge in [-0.3, -0.25) is 9.59 Å². The second-order valence-corrected chi connectivity index (χ2v) is 6.27. The Morgan fingerprint density at radius 1 is 1.14 bits per heavy atom. The van der Waals surface area contributed by atoms with Gasteiger partial charge in [-0.2, -0.15) is 11.8 Å². The molecule has 21 heavy (non-hydrogen) atoms. The summed E-state index contributed by atoms with van der Waals surface area (Å²) >= 11 is 1.57. The first-order valence-electron chi connectivity index (χ1n) is 7.13. The lowest BCUT2D eigenvalue weighted by atomic mass is 10.0. The van der Waals surface area contributed by atoms with E-state index in [0.717, 1.165) is 0 Å². The minimum atomic E-state index is -1.05. The Morgan fingerprint density at radius 3 is 2.19 bits per heavy atom. The number of hydrogen-bond donors (Lipinski definition) is 3. The highest BCUT2D eigenvalue weighted by Crippen LogP contribution is 2.07. The molecule has 0 aliphatic carbocycles. The Labute approximate surface area is 130 Å². The minimum absolute atomic E-state index is 0.154.